The fraction of sp³-hybridized carbons (Fsp3) is 0.214. The number of aldehydes is 1. The molecule has 106 valence electrons. The zero-order valence-electron chi connectivity index (χ0n) is 11.1. The van der Waals surface area contributed by atoms with Crippen molar-refractivity contribution in [3.05, 3.63) is 47.1 Å². The van der Waals surface area contributed by atoms with Crippen LogP contribution in [-0.4, -0.2) is 27.8 Å². The van der Waals surface area contributed by atoms with Crippen LogP contribution < -0.4 is 4.90 Å². The summed E-state index contributed by atoms with van der Waals surface area (Å²) in [5.41, 5.74) is 1.17. The van der Waals surface area contributed by atoms with Crippen LogP contribution in [0.25, 0.3) is 0 Å². The number of anilines is 1. The Morgan fingerprint density at radius 1 is 1.43 bits per heavy atom. The number of pyridine rings is 1. The molecule has 6 nitrogen and oxygen atoms in total. The first-order chi connectivity index (χ1) is 10.3. The second kappa shape index (κ2) is 7.31. The van der Waals surface area contributed by atoms with Gasteiger partial charge in [-0.3, -0.25) is 9.78 Å². The predicted molar refractivity (Wildman–Crippen MR) is 77.9 cm³/mol. The van der Waals surface area contributed by atoms with E-state index in [0.717, 1.165) is 5.56 Å². The molecule has 0 N–H and O–H groups in total. The number of hydrogen-bond acceptors (Lipinski definition) is 6. The van der Waals surface area contributed by atoms with Crippen molar-refractivity contribution in [1.82, 2.24) is 15.0 Å². The van der Waals surface area contributed by atoms with E-state index in [2.05, 4.69) is 21.0 Å². The first-order valence-corrected chi connectivity index (χ1v) is 6.60. The Bertz CT molecular complexity index is 656. The van der Waals surface area contributed by atoms with Gasteiger partial charge in [-0.1, -0.05) is 17.7 Å². The van der Waals surface area contributed by atoms with Crippen LogP contribution in [0.3, 0.4) is 0 Å². The molecule has 2 aromatic rings. The fourth-order valence-corrected chi connectivity index (χ4v) is 2.05. The van der Waals surface area contributed by atoms with Gasteiger partial charge >= 0.3 is 0 Å². The van der Waals surface area contributed by atoms with E-state index in [1.54, 1.807) is 12.4 Å². The fourth-order valence-electron chi connectivity index (χ4n) is 1.88. The Hall–Kier alpha value is -2.52. The molecule has 0 atom stereocenters. The van der Waals surface area contributed by atoms with Crippen LogP contribution in [-0.2, 0) is 6.54 Å². The van der Waals surface area contributed by atoms with E-state index in [-0.39, 0.29) is 10.7 Å². The van der Waals surface area contributed by atoms with E-state index in [1.807, 2.05) is 17.0 Å². The monoisotopic (exact) mass is 301 g/mol. The molecule has 21 heavy (non-hydrogen) atoms. The molecule has 0 spiro atoms. The van der Waals surface area contributed by atoms with Crippen molar-refractivity contribution < 1.29 is 4.79 Å². The summed E-state index contributed by atoms with van der Waals surface area (Å²) in [5, 5.41) is 8.89. The van der Waals surface area contributed by atoms with Gasteiger partial charge in [-0.05, 0) is 11.6 Å². The minimum absolute atomic E-state index is 0.100. The minimum Gasteiger partial charge on any atom is -0.350 e. The van der Waals surface area contributed by atoms with Crippen molar-refractivity contribution in [3.63, 3.8) is 0 Å². The van der Waals surface area contributed by atoms with E-state index in [0.29, 0.717) is 31.6 Å². The molecule has 0 radical (unpaired) electrons. The molecule has 2 rings (SSSR count). The zero-order valence-corrected chi connectivity index (χ0v) is 11.9. The maximum absolute atomic E-state index is 11.2. The standard InChI is InChI=1S/C14H12ClN5O/c15-13-12(9-21)14(19-10-18-13)20(6-2-4-16)8-11-3-1-5-17-7-11/h1,3,5,7,9-10H,2,6,8H2. The maximum atomic E-state index is 11.2. The van der Waals surface area contributed by atoms with Crippen molar-refractivity contribution in [2.24, 2.45) is 0 Å². The summed E-state index contributed by atoms with van der Waals surface area (Å²) < 4.78 is 0. The third kappa shape index (κ3) is 3.74. The molecule has 2 heterocycles. The van der Waals surface area contributed by atoms with Crippen molar-refractivity contribution in [2.75, 3.05) is 11.4 Å². The Morgan fingerprint density at radius 3 is 2.95 bits per heavy atom. The summed E-state index contributed by atoms with van der Waals surface area (Å²) in [4.78, 5) is 25.0. The lowest BCUT2D eigenvalue weighted by atomic mass is 10.2. The summed E-state index contributed by atoms with van der Waals surface area (Å²) in [5.74, 6) is 0.420. The highest BCUT2D eigenvalue weighted by atomic mass is 35.5. The highest BCUT2D eigenvalue weighted by Gasteiger charge is 2.16. The third-order valence-corrected chi connectivity index (χ3v) is 3.12. The van der Waals surface area contributed by atoms with Crippen LogP contribution in [0.2, 0.25) is 5.15 Å². The molecule has 0 unspecified atom stereocenters. The van der Waals surface area contributed by atoms with Gasteiger partial charge in [0.25, 0.3) is 0 Å². The lowest BCUT2D eigenvalue weighted by molar-refractivity contribution is 0.112. The largest absolute Gasteiger partial charge is 0.350 e. The number of rotatable bonds is 6. The predicted octanol–water partition coefficient (Wildman–Crippen LogP) is 2.26. The number of carbonyl (C=O) groups is 1. The maximum Gasteiger partial charge on any atom is 0.156 e. The average Bonchev–Trinajstić information content (AvgIpc) is 2.52. The second-order valence-electron chi connectivity index (χ2n) is 4.21. The second-order valence-corrected chi connectivity index (χ2v) is 4.57. The van der Waals surface area contributed by atoms with Crippen molar-refractivity contribution in [1.29, 1.82) is 5.26 Å². The van der Waals surface area contributed by atoms with Gasteiger partial charge in [0, 0.05) is 25.5 Å². The van der Waals surface area contributed by atoms with Crippen LogP contribution >= 0.6 is 11.6 Å². The molecule has 0 aliphatic heterocycles. The molecule has 0 amide bonds. The molecule has 0 bridgehead atoms. The van der Waals surface area contributed by atoms with Gasteiger partial charge in [0.15, 0.2) is 6.29 Å². The van der Waals surface area contributed by atoms with Gasteiger partial charge in [0.2, 0.25) is 0 Å². The van der Waals surface area contributed by atoms with Gasteiger partial charge in [-0.25, -0.2) is 9.97 Å². The topological polar surface area (TPSA) is 82.8 Å². The van der Waals surface area contributed by atoms with E-state index in [9.17, 15) is 4.79 Å². The van der Waals surface area contributed by atoms with Crippen molar-refractivity contribution >= 4 is 23.7 Å². The molecule has 0 saturated carbocycles. The number of carbonyl (C=O) groups excluding carboxylic acids is 1. The SMILES string of the molecule is N#CCCN(Cc1cccnc1)c1ncnc(Cl)c1C=O. The Morgan fingerprint density at radius 2 is 2.29 bits per heavy atom. The summed E-state index contributed by atoms with van der Waals surface area (Å²) in [6.45, 7) is 0.906. The van der Waals surface area contributed by atoms with Crippen molar-refractivity contribution in [2.45, 2.75) is 13.0 Å². The summed E-state index contributed by atoms with van der Waals surface area (Å²) in [6, 6.07) is 5.82. The normalized spacial score (nSPS) is 9.90. The first kappa shape index (κ1) is 14.9. The van der Waals surface area contributed by atoms with Crippen molar-refractivity contribution in [3.8, 4) is 6.07 Å². The highest BCUT2D eigenvalue weighted by Crippen LogP contribution is 2.23. The molecule has 7 heteroatoms. The van der Waals surface area contributed by atoms with Crippen LogP contribution in [0, 0.1) is 11.3 Å². The Kier molecular flexibility index (Phi) is 5.18. The zero-order chi connectivity index (χ0) is 15.1. The third-order valence-electron chi connectivity index (χ3n) is 2.82. The Balaban J connectivity index is 2.34. The average molecular weight is 302 g/mol. The number of nitrogens with zero attached hydrogens (tertiary/aromatic N) is 5. The van der Waals surface area contributed by atoms with Crippen LogP contribution in [0.5, 0.6) is 0 Å². The van der Waals surface area contributed by atoms with E-state index in [1.165, 1.54) is 6.33 Å². The molecule has 2 aromatic heterocycles. The van der Waals surface area contributed by atoms with E-state index in [4.69, 9.17) is 16.9 Å². The van der Waals surface area contributed by atoms with Gasteiger partial charge in [-0.2, -0.15) is 5.26 Å². The highest BCUT2D eigenvalue weighted by molar-refractivity contribution is 6.32. The smallest absolute Gasteiger partial charge is 0.156 e. The molecule has 0 aliphatic rings. The van der Waals surface area contributed by atoms with Crippen LogP contribution in [0.4, 0.5) is 5.82 Å². The molecular weight excluding hydrogens is 290 g/mol. The molecular formula is C14H12ClN5O. The molecule has 0 aromatic carbocycles. The minimum atomic E-state index is 0.100. The molecule has 0 aliphatic carbocycles. The van der Waals surface area contributed by atoms with Gasteiger partial charge in [-0.15, -0.1) is 0 Å². The summed E-state index contributed by atoms with van der Waals surface area (Å²) in [7, 11) is 0. The van der Waals surface area contributed by atoms with E-state index >= 15 is 0 Å². The molecule has 0 saturated heterocycles. The summed E-state index contributed by atoms with van der Waals surface area (Å²) in [6.07, 6.45) is 5.64. The number of nitriles is 1. The lowest BCUT2D eigenvalue weighted by Gasteiger charge is -2.23. The van der Waals surface area contributed by atoms with Gasteiger partial charge in [0.05, 0.1) is 18.1 Å². The quantitative estimate of drug-likeness (QED) is 0.601. The van der Waals surface area contributed by atoms with Gasteiger partial charge in [0.1, 0.15) is 17.3 Å². The van der Waals surface area contributed by atoms with Crippen LogP contribution in [0.1, 0.15) is 22.3 Å². The first-order valence-electron chi connectivity index (χ1n) is 6.22. The number of hydrogen-bond donors (Lipinski definition) is 0. The molecule has 0 fully saturated rings. The Labute approximate surface area is 127 Å². The summed E-state index contributed by atoms with van der Waals surface area (Å²) >= 11 is 5.92. The van der Waals surface area contributed by atoms with E-state index < -0.39 is 0 Å². The van der Waals surface area contributed by atoms with Gasteiger partial charge < -0.3 is 4.90 Å². The number of halogens is 1. The van der Waals surface area contributed by atoms with Crippen LogP contribution in [0.15, 0.2) is 30.9 Å². The lowest BCUT2D eigenvalue weighted by Crippen LogP contribution is -2.26. The number of aromatic nitrogens is 3.